The third-order valence-electron chi connectivity index (χ3n) is 5.68. The van der Waals surface area contributed by atoms with Crippen LogP contribution < -0.4 is 0 Å². The van der Waals surface area contributed by atoms with Gasteiger partial charge < -0.3 is 15.0 Å². The molecule has 2 aliphatic rings. The number of hydrogen-bond donors (Lipinski definition) is 2. The predicted octanol–water partition coefficient (Wildman–Crippen LogP) is 2.90. The molecule has 2 aromatic carbocycles. The monoisotopic (exact) mass is 332 g/mol. The molecule has 5 nitrogen and oxygen atoms in total. The number of hydrogen-bond acceptors (Lipinski definition) is 2. The lowest BCUT2D eigenvalue weighted by Gasteiger charge is -2.43. The average molecular weight is 332 g/mol. The van der Waals surface area contributed by atoms with Crippen molar-refractivity contribution in [3.8, 4) is 0 Å². The van der Waals surface area contributed by atoms with E-state index in [0.717, 1.165) is 27.7 Å². The van der Waals surface area contributed by atoms with Gasteiger partial charge in [-0.3, -0.25) is 4.79 Å². The van der Waals surface area contributed by atoms with Crippen LogP contribution in [-0.4, -0.2) is 32.9 Å². The molecule has 124 valence electrons. The number of nitrogens with one attached hydrogen (secondary N) is 1. The molecule has 2 N–H and O–H groups in total. The van der Waals surface area contributed by atoms with Crippen molar-refractivity contribution in [1.29, 1.82) is 0 Å². The van der Waals surface area contributed by atoms with E-state index in [1.807, 2.05) is 49.4 Å². The molecule has 0 saturated heterocycles. The Morgan fingerprint density at radius 1 is 1.20 bits per heavy atom. The van der Waals surface area contributed by atoms with Crippen molar-refractivity contribution >= 4 is 22.8 Å². The molecule has 3 aromatic rings. The molecule has 2 atom stereocenters. The Morgan fingerprint density at radius 3 is 2.72 bits per heavy atom. The van der Waals surface area contributed by atoms with Gasteiger partial charge in [0.25, 0.3) is 5.91 Å². The molecule has 1 aromatic heterocycles. The van der Waals surface area contributed by atoms with Crippen LogP contribution in [0.15, 0.2) is 48.5 Å². The van der Waals surface area contributed by atoms with E-state index in [9.17, 15) is 14.7 Å². The molecule has 0 radical (unpaired) electrons. The zero-order valence-electron chi connectivity index (χ0n) is 13.6. The summed E-state index contributed by atoms with van der Waals surface area (Å²) < 4.78 is 0. The summed E-state index contributed by atoms with van der Waals surface area (Å²) in [6.07, 6.45) is 0.310. The molecule has 0 bridgehead atoms. The van der Waals surface area contributed by atoms with Crippen LogP contribution in [0.2, 0.25) is 0 Å². The Kier molecular flexibility index (Phi) is 2.57. The fourth-order valence-electron chi connectivity index (χ4n) is 4.58. The van der Waals surface area contributed by atoms with Gasteiger partial charge in [0.05, 0.1) is 0 Å². The van der Waals surface area contributed by atoms with Gasteiger partial charge >= 0.3 is 5.97 Å². The topological polar surface area (TPSA) is 73.4 Å². The highest BCUT2D eigenvalue weighted by molar-refractivity contribution is 6.04. The molecule has 5 heteroatoms. The first-order valence-corrected chi connectivity index (χ1v) is 8.29. The number of carbonyl (C=O) groups excluding carboxylic acids is 1. The number of carboxylic acids is 1. The number of H-pyrrole nitrogens is 1. The van der Waals surface area contributed by atoms with Crippen LogP contribution >= 0.6 is 0 Å². The van der Waals surface area contributed by atoms with Gasteiger partial charge in [-0.25, -0.2) is 4.79 Å². The first-order valence-electron chi connectivity index (χ1n) is 8.29. The lowest BCUT2D eigenvalue weighted by atomic mass is 9.80. The minimum atomic E-state index is -0.969. The van der Waals surface area contributed by atoms with E-state index in [1.54, 1.807) is 6.07 Å². The van der Waals surface area contributed by atoms with E-state index >= 15 is 0 Å². The first-order chi connectivity index (χ1) is 12.0. The maximum Gasteiger partial charge on any atom is 0.326 e. The lowest BCUT2D eigenvalue weighted by Crippen LogP contribution is -2.56. The molecule has 0 spiro atoms. The van der Waals surface area contributed by atoms with Crippen LogP contribution in [0.4, 0.5) is 0 Å². The van der Waals surface area contributed by atoms with Crippen LogP contribution in [0.25, 0.3) is 10.9 Å². The molecule has 0 saturated carbocycles. The normalized spacial score (nSPS) is 24.1. The molecule has 5 rings (SSSR count). The summed E-state index contributed by atoms with van der Waals surface area (Å²) in [5.74, 6) is -1.18. The third kappa shape index (κ3) is 1.58. The molecular formula is C20H16N2O3. The number of nitrogens with zero attached hydrogens (tertiary/aromatic N) is 1. The maximum atomic E-state index is 13.0. The van der Waals surface area contributed by atoms with Crippen molar-refractivity contribution in [1.82, 2.24) is 9.88 Å². The van der Waals surface area contributed by atoms with E-state index in [0.29, 0.717) is 12.0 Å². The van der Waals surface area contributed by atoms with Crippen LogP contribution in [0.5, 0.6) is 0 Å². The number of fused-ring (bicyclic) bond motifs is 7. The average Bonchev–Trinajstić information content (AvgIpc) is 3.10. The molecule has 0 unspecified atom stereocenters. The van der Waals surface area contributed by atoms with Gasteiger partial charge in [-0.15, -0.1) is 0 Å². The largest absolute Gasteiger partial charge is 0.480 e. The Hall–Kier alpha value is -3.08. The Labute approximate surface area is 143 Å². The van der Waals surface area contributed by atoms with Crippen LogP contribution in [0, 0.1) is 0 Å². The number of aromatic amines is 1. The van der Waals surface area contributed by atoms with Gasteiger partial charge in [0.15, 0.2) is 0 Å². The summed E-state index contributed by atoms with van der Waals surface area (Å²) in [5.41, 5.74) is 3.53. The van der Waals surface area contributed by atoms with Gasteiger partial charge in [0.1, 0.15) is 11.6 Å². The second-order valence-corrected chi connectivity index (χ2v) is 6.88. The number of carboxylic acid groups (broad SMARTS) is 1. The van der Waals surface area contributed by atoms with E-state index in [4.69, 9.17) is 0 Å². The van der Waals surface area contributed by atoms with Crippen molar-refractivity contribution in [3.05, 3.63) is 70.9 Å². The van der Waals surface area contributed by atoms with Crippen molar-refractivity contribution in [3.63, 3.8) is 0 Å². The van der Waals surface area contributed by atoms with E-state index in [-0.39, 0.29) is 5.91 Å². The van der Waals surface area contributed by atoms with Crippen molar-refractivity contribution in [2.45, 2.75) is 24.9 Å². The highest BCUT2D eigenvalue weighted by Crippen LogP contribution is 2.50. The summed E-state index contributed by atoms with van der Waals surface area (Å²) in [7, 11) is 0. The minimum absolute atomic E-state index is 0.213. The van der Waals surface area contributed by atoms with Gasteiger partial charge in [-0.2, -0.15) is 0 Å². The van der Waals surface area contributed by atoms with Gasteiger partial charge in [-0.05, 0) is 30.2 Å². The Balaban J connectivity index is 1.89. The van der Waals surface area contributed by atoms with Crippen LogP contribution in [0.1, 0.15) is 34.1 Å². The van der Waals surface area contributed by atoms with E-state index in [2.05, 4.69) is 4.98 Å². The standard InChI is InChI=1S/C20H16N2O3/c1-20-14-8-4-2-7-12(14)18(23)22(20)16(19(24)25)10-13-11-6-3-5-9-15(11)21-17(13)20/h2-9,16,21H,10H2,1H3,(H,24,25)/t16-,20+/m0/s1. The molecule has 0 fully saturated rings. The minimum Gasteiger partial charge on any atom is -0.480 e. The number of para-hydroxylation sites is 1. The second kappa shape index (κ2) is 4.51. The number of aromatic nitrogens is 1. The molecule has 25 heavy (non-hydrogen) atoms. The zero-order chi connectivity index (χ0) is 17.3. The SMILES string of the molecule is C[C@]12c3ccccc3C(=O)N1[C@H](C(=O)O)Cc1c2[nH]c2ccccc12. The van der Waals surface area contributed by atoms with E-state index in [1.165, 1.54) is 4.90 Å². The molecule has 1 amide bonds. The summed E-state index contributed by atoms with van der Waals surface area (Å²) in [5, 5.41) is 10.9. The third-order valence-corrected chi connectivity index (χ3v) is 5.68. The lowest BCUT2D eigenvalue weighted by molar-refractivity contribution is -0.144. The number of benzene rings is 2. The Bertz CT molecular complexity index is 1070. The van der Waals surface area contributed by atoms with Gasteiger partial charge in [-0.1, -0.05) is 36.4 Å². The van der Waals surface area contributed by atoms with Gasteiger partial charge in [0.2, 0.25) is 0 Å². The maximum absolute atomic E-state index is 13.0. The fourth-order valence-corrected chi connectivity index (χ4v) is 4.58. The zero-order valence-corrected chi connectivity index (χ0v) is 13.6. The first kappa shape index (κ1) is 14.3. The van der Waals surface area contributed by atoms with E-state index < -0.39 is 17.6 Å². The van der Waals surface area contributed by atoms with Gasteiger partial charge in [0, 0.05) is 28.6 Å². The number of carbonyl (C=O) groups is 2. The van der Waals surface area contributed by atoms with Crippen molar-refractivity contribution in [2.75, 3.05) is 0 Å². The van der Waals surface area contributed by atoms with Crippen LogP contribution in [-0.2, 0) is 16.8 Å². The molecule has 2 aliphatic heterocycles. The summed E-state index contributed by atoms with van der Waals surface area (Å²) >= 11 is 0. The van der Waals surface area contributed by atoms with Crippen molar-refractivity contribution < 1.29 is 14.7 Å². The smallest absolute Gasteiger partial charge is 0.326 e. The molecule has 3 heterocycles. The molecule has 0 aliphatic carbocycles. The van der Waals surface area contributed by atoms with Crippen LogP contribution in [0.3, 0.4) is 0 Å². The number of rotatable bonds is 1. The quantitative estimate of drug-likeness (QED) is 0.719. The number of aliphatic carboxylic acids is 1. The van der Waals surface area contributed by atoms with Crippen molar-refractivity contribution in [2.24, 2.45) is 0 Å². The highest BCUT2D eigenvalue weighted by atomic mass is 16.4. The number of amides is 1. The molecular weight excluding hydrogens is 316 g/mol. The second-order valence-electron chi connectivity index (χ2n) is 6.88. The highest BCUT2D eigenvalue weighted by Gasteiger charge is 2.56. The summed E-state index contributed by atoms with van der Waals surface area (Å²) in [4.78, 5) is 30.0. The fraction of sp³-hybridized carbons (Fsp3) is 0.200. The summed E-state index contributed by atoms with van der Waals surface area (Å²) in [6, 6.07) is 14.4. The Morgan fingerprint density at radius 2 is 1.92 bits per heavy atom. The summed E-state index contributed by atoms with van der Waals surface area (Å²) in [6.45, 7) is 1.94. The predicted molar refractivity (Wildman–Crippen MR) is 92.5 cm³/mol.